The molecule has 2 rings (SSSR count). The molecule has 0 atom stereocenters. The van der Waals surface area contributed by atoms with E-state index in [1.165, 1.54) is 11.8 Å². The monoisotopic (exact) mass is 282 g/mol. The molecule has 18 heavy (non-hydrogen) atoms. The van der Waals surface area contributed by atoms with Gasteiger partial charge in [-0.15, -0.1) is 0 Å². The molecule has 0 unspecified atom stereocenters. The third-order valence-corrected chi connectivity index (χ3v) is 3.17. The summed E-state index contributed by atoms with van der Waals surface area (Å²) < 4.78 is 10.2. The molecule has 0 aliphatic rings. The van der Waals surface area contributed by atoms with E-state index < -0.39 is 0 Å². The Morgan fingerprint density at radius 2 is 1.72 bits per heavy atom. The lowest BCUT2D eigenvalue weighted by atomic mass is 10.4. The van der Waals surface area contributed by atoms with Crippen LogP contribution in [0.3, 0.4) is 0 Å². The minimum Gasteiger partial charge on any atom is -0.481 e. The van der Waals surface area contributed by atoms with Gasteiger partial charge >= 0.3 is 0 Å². The van der Waals surface area contributed by atoms with E-state index in [-0.39, 0.29) is 0 Å². The molecule has 0 fully saturated rings. The van der Waals surface area contributed by atoms with Crippen LogP contribution in [-0.4, -0.2) is 24.2 Å². The summed E-state index contributed by atoms with van der Waals surface area (Å²) in [7, 11) is 3.10. The number of halogens is 1. The molecular weight excluding hydrogens is 272 g/mol. The molecule has 1 aromatic heterocycles. The van der Waals surface area contributed by atoms with Crippen molar-refractivity contribution < 1.29 is 9.47 Å². The first-order valence-electron chi connectivity index (χ1n) is 5.12. The molecular formula is C12H11ClN2O2S. The Kier molecular flexibility index (Phi) is 4.28. The maximum Gasteiger partial charge on any atom is 0.220 e. The average Bonchev–Trinajstić information content (AvgIpc) is 2.38. The highest BCUT2D eigenvalue weighted by atomic mass is 35.5. The molecule has 0 saturated heterocycles. The van der Waals surface area contributed by atoms with E-state index >= 15 is 0 Å². The first-order chi connectivity index (χ1) is 8.71. The zero-order chi connectivity index (χ0) is 13.0. The Hall–Kier alpha value is -1.46. The van der Waals surface area contributed by atoms with Crippen molar-refractivity contribution in [3.8, 4) is 11.8 Å². The topological polar surface area (TPSA) is 44.2 Å². The highest BCUT2D eigenvalue weighted by Crippen LogP contribution is 2.29. The minimum atomic E-state index is 0.464. The lowest BCUT2D eigenvalue weighted by Crippen LogP contribution is -1.95. The zero-order valence-corrected chi connectivity index (χ0v) is 11.5. The van der Waals surface area contributed by atoms with Crippen LogP contribution in [0.25, 0.3) is 0 Å². The van der Waals surface area contributed by atoms with Gasteiger partial charge in [0.15, 0.2) is 5.16 Å². The predicted octanol–water partition coefficient (Wildman–Crippen LogP) is 3.30. The Labute approximate surface area is 114 Å². The van der Waals surface area contributed by atoms with Crippen molar-refractivity contribution in [3.05, 3.63) is 35.4 Å². The van der Waals surface area contributed by atoms with Crippen molar-refractivity contribution in [1.29, 1.82) is 0 Å². The van der Waals surface area contributed by atoms with Gasteiger partial charge in [-0.2, -0.15) is 9.97 Å². The van der Waals surface area contributed by atoms with Gasteiger partial charge in [0, 0.05) is 9.92 Å². The molecule has 0 spiro atoms. The van der Waals surface area contributed by atoms with Gasteiger partial charge in [-0.05, 0) is 30.0 Å². The second-order valence-corrected chi connectivity index (χ2v) is 4.77. The van der Waals surface area contributed by atoms with Crippen LogP contribution in [0.5, 0.6) is 11.8 Å². The number of methoxy groups -OCH3 is 2. The maximum atomic E-state index is 5.92. The molecule has 4 nitrogen and oxygen atoms in total. The van der Waals surface area contributed by atoms with Gasteiger partial charge in [-0.1, -0.05) is 17.7 Å². The fraction of sp³-hybridized carbons (Fsp3) is 0.167. The standard InChI is InChI=1S/C12H11ClN2O2S/c1-16-10-7-11(17-2)15-12(14-10)18-9-5-3-4-8(13)6-9/h3-7H,1-2H3. The Morgan fingerprint density at radius 3 is 2.28 bits per heavy atom. The molecule has 0 N–H and O–H groups in total. The summed E-state index contributed by atoms with van der Waals surface area (Å²) in [5.74, 6) is 0.928. The van der Waals surface area contributed by atoms with E-state index in [2.05, 4.69) is 9.97 Å². The van der Waals surface area contributed by atoms with Crippen molar-refractivity contribution in [1.82, 2.24) is 9.97 Å². The van der Waals surface area contributed by atoms with Crippen LogP contribution in [0.15, 0.2) is 40.4 Å². The Morgan fingerprint density at radius 1 is 1.06 bits per heavy atom. The molecule has 0 radical (unpaired) electrons. The summed E-state index contributed by atoms with van der Waals surface area (Å²) in [6.07, 6.45) is 0. The lowest BCUT2D eigenvalue weighted by Gasteiger charge is -2.06. The number of benzene rings is 1. The van der Waals surface area contributed by atoms with Crippen molar-refractivity contribution in [2.24, 2.45) is 0 Å². The second kappa shape index (κ2) is 5.93. The molecule has 6 heteroatoms. The molecule has 0 saturated carbocycles. The fourth-order valence-corrected chi connectivity index (χ4v) is 2.34. The third-order valence-electron chi connectivity index (χ3n) is 2.08. The number of aromatic nitrogens is 2. The fourth-order valence-electron chi connectivity index (χ4n) is 1.27. The van der Waals surface area contributed by atoms with Crippen LogP contribution in [0.4, 0.5) is 0 Å². The SMILES string of the molecule is COc1cc(OC)nc(Sc2cccc(Cl)c2)n1. The highest BCUT2D eigenvalue weighted by Gasteiger charge is 2.07. The van der Waals surface area contributed by atoms with Crippen molar-refractivity contribution in [2.75, 3.05) is 14.2 Å². The van der Waals surface area contributed by atoms with Crippen LogP contribution in [0, 0.1) is 0 Å². The van der Waals surface area contributed by atoms with Crippen LogP contribution in [0.1, 0.15) is 0 Å². The van der Waals surface area contributed by atoms with Gasteiger partial charge in [0.1, 0.15) is 0 Å². The zero-order valence-electron chi connectivity index (χ0n) is 9.88. The molecule has 0 aliphatic heterocycles. The molecule has 1 aromatic carbocycles. The summed E-state index contributed by atoms with van der Waals surface area (Å²) >= 11 is 7.32. The Balaban J connectivity index is 2.28. The predicted molar refractivity (Wildman–Crippen MR) is 70.7 cm³/mol. The summed E-state index contributed by atoms with van der Waals surface area (Å²) in [5.41, 5.74) is 0. The molecule has 2 aromatic rings. The molecule has 0 bridgehead atoms. The third kappa shape index (κ3) is 3.27. The van der Waals surface area contributed by atoms with E-state index in [4.69, 9.17) is 21.1 Å². The Bertz CT molecular complexity index is 529. The highest BCUT2D eigenvalue weighted by molar-refractivity contribution is 7.99. The molecule has 94 valence electrons. The molecule has 1 heterocycles. The smallest absolute Gasteiger partial charge is 0.220 e. The number of ether oxygens (including phenoxy) is 2. The van der Waals surface area contributed by atoms with Crippen LogP contribution < -0.4 is 9.47 Å². The largest absolute Gasteiger partial charge is 0.481 e. The second-order valence-electron chi connectivity index (χ2n) is 3.29. The van der Waals surface area contributed by atoms with Crippen molar-refractivity contribution in [2.45, 2.75) is 10.1 Å². The average molecular weight is 283 g/mol. The quantitative estimate of drug-likeness (QED) is 0.805. The lowest BCUT2D eigenvalue weighted by molar-refractivity contribution is 0.364. The molecule has 0 aliphatic carbocycles. The number of hydrogen-bond donors (Lipinski definition) is 0. The summed E-state index contributed by atoms with van der Waals surface area (Å²) in [6.45, 7) is 0. The number of nitrogens with zero attached hydrogens (tertiary/aromatic N) is 2. The maximum absolute atomic E-state index is 5.92. The summed E-state index contributed by atoms with van der Waals surface area (Å²) in [4.78, 5) is 9.42. The van der Waals surface area contributed by atoms with Crippen LogP contribution in [0.2, 0.25) is 5.02 Å². The first kappa shape index (κ1) is 13.0. The van der Waals surface area contributed by atoms with Gasteiger partial charge in [0.05, 0.1) is 20.3 Å². The first-order valence-corrected chi connectivity index (χ1v) is 6.31. The summed E-state index contributed by atoms with van der Waals surface area (Å²) in [5, 5.41) is 1.23. The van der Waals surface area contributed by atoms with E-state index in [9.17, 15) is 0 Å². The van der Waals surface area contributed by atoms with E-state index in [1.807, 2.05) is 24.3 Å². The van der Waals surface area contributed by atoms with Crippen LogP contribution in [-0.2, 0) is 0 Å². The van der Waals surface area contributed by atoms with E-state index in [0.29, 0.717) is 21.9 Å². The van der Waals surface area contributed by atoms with Gasteiger partial charge in [-0.3, -0.25) is 0 Å². The summed E-state index contributed by atoms with van der Waals surface area (Å²) in [6, 6.07) is 9.11. The number of hydrogen-bond acceptors (Lipinski definition) is 5. The van der Waals surface area contributed by atoms with Gasteiger partial charge in [-0.25, -0.2) is 0 Å². The van der Waals surface area contributed by atoms with Crippen molar-refractivity contribution in [3.63, 3.8) is 0 Å². The van der Waals surface area contributed by atoms with Crippen LogP contribution >= 0.6 is 23.4 Å². The minimum absolute atomic E-state index is 0.464. The van der Waals surface area contributed by atoms with E-state index in [0.717, 1.165) is 4.90 Å². The van der Waals surface area contributed by atoms with Gasteiger partial charge < -0.3 is 9.47 Å². The van der Waals surface area contributed by atoms with Crippen molar-refractivity contribution >= 4 is 23.4 Å². The van der Waals surface area contributed by atoms with E-state index in [1.54, 1.807) is 20.3 Å². The number of rotatable bonds is 4. The normalized spacial score (nSPS) is 10.2. The van der Waals surface area contributed by atoms with Gasteiger partial charge in [0.25, 0.3) is 0 Å². The molecule has 0 amide bonds. The van der Waals surface area contributed by atoms with Gasteiger partial charge in [0.2, 0.25) is 11.8 Å².